The summed E-state index contributed by atoms with van der Waals surface area (Å²) in [6.07, 6.45) is 10.5. The highest BCUT2D eigenvalue weighted by atomic mass is 16.5. The van der Waals surface area contributed by atoms with Gasteiger partial charge in [-0.15, -0.1) is 0 Å². The highest BCUT2D eigenvalue weighted by molar-refractivity contribution is 5.94. The SMILES string of the molecule is O=C(N[C@H]1CC[C@H](CCNC(=O)C2CCCCC2)O[C@H]1CO)c1ccncc1. The van der Waals surface area contributed by atoms with Crippen LogP contribution < -0.4 is 10.6 Å². The zero-order valence-electron chi connectivity index (χ0n) is 16.3. The van der Waals surface area contributed by atoms with E-state index in [9.17, 15) is 14.7 Å². The van der Waals surface area contributed by atoms with Crippen molar-refractivity contribution >= 4 is 11.8 Å². The van der Waals surface area contributed by atoms with Gasteiger partial charge in [0.2, 0.25) is 5.91 Å². The molecule has 3 rings (SSSR count). The van der Waals surface area contributed by atoms with Crippen LogP contribution in [0.3, 0.4) is 0 Å². The predicted molar refractivity (Wildman–Crippen MR) is 105 cm³/mol. The molecule has 1 aliphatic heterocycles. The maximum absolute atomic E-state index is 12.3. The fourth-order valence-electron chi connectivity index (χ4n) is 4.13. The Labute approximate surface area is 166 Å². The van der Waals surface area contributed by atoms with Crippen LogP contribution in [0.25, 0.3) is 0 Å². The van der Waals surface area contributed by atoms with E-state index in [0.29, 0.717) is 12.1 Å². The molecule has 28 heavy (non-hydrogen) atoms. The summed E-state index contributed by atoms with van der Waals surface area (Å²) in [5.74, 6) is 0.142. The first-order chi connectivity index (χ1) is 13.7. The highest BCUT2D eigenvalue weighted by Gasteiger charge is 2.32. The second kappa shape index (κ2) is 10.5. The smallest absolute Gasteiger partial charge is 0.251 e. The molecule has 0 aromatic carbocycles. The molecule has 1 aromatic heterocycles. The van der Waals surface area contributed by atoms with Crippen molar-refractivity contribution < 1.29 is 19.4 Å². The van der Waals surface area contributed by atoms with E-state index in [4.69, 9.17) is 4.74 Å². The maximum Gasteiger partial charge on any atom is 0.251 e. The Bertz CT molecular complexity index is 634. The summed E-state index contributed by atoms with van der Waals surface area (Å²) in [6, 6.07) is 3.09. The fourth-order valence-corrected chi connectivity index (χ4v) is 4.13. The molecular weight excluding hydrogens is 358 g/mol. The van der Waals surface area contributed by atoms with Crippen LogP contribution in [-0.4, -0.2) is 53.3 Å². The van der Waals surface area contributed by atoms with Crippen LogP contribution in [0.5, 0.6) is 0 Å². The predicted octanol–water partition coefficient (Wildman–Crippen LogP) is 1.81. The van der Waals surface area contributed by atoms with Crippen molar-refractivity contribution in [2.75, 3.05) is 13.2 Å². The number of nitrogens with zero attached hydrogens (tertiary/aromatic N) is 1. The third kappa shape index (κ3) is 5.75. The highest BCUT2D eigenvalue weighted by Crippen LogP contribution is 2.24. The number of aromatic nitrogens is 1. The molecule has 0 unspecified atom stereocenters. The molecule has 2 amide bonds. The number of pyridine rings is 1. The van der Waals surface area contributed by atoms with Gasteiger partial charge in [-0.05, 0) is 44.2 Å². The molecule has 2 aliphatic rings. The van der Waals surface area contributed by atoms with E-state index in [1.54, 1.807) is 24.5 Å². The Hall–Kier alpha value is -1.99. The molecule has 2 heterocycles. The lowest BCUT2D eigenvalue weighted by Crippen LogP contribution is -2.51. The van der Waals surface area contributed by atoms with Gasteiger partial charge in [0.15, 0.2) is 0 Å². The van der Waals surface area contributed by atoms with Crippen LogP contribution in [0.1, 0.15) is 61.7 Å². The Balaban J connectivity index is 1.41. The molecule has 0 spiro atoms. The van der Waals surface area contributed by atoms with Crippen LogP contribution in [-0.2, 0) is 9.53 Å². The fraction of sp³-hybridized carbons (Fsp3) is 0.667. The Morgan fingerprint density at radius 1 is 1.11 bits per heavy atom. The van der Waals surface area contributed by atoms with E-state index in [1.165, 1.54) is 6.42 Å². The van der Waals surface area contributed by atoms with E-state index >= 15 is 0 Å². The molecule has 3 N–H and O–H groups in total. The van der Waals surface area contributed by atoms with Crippen molar-refractivity contribution in [1.29, 1.82) is 0 Å². The van der Waals surface area contributed by atoms with Crippen LogP contribution >= 0.6 is 0 Å². The minimum atomic E-state index is -0.432. The molecule has 7 heteroatoms. The van der Waals surface area contributed by atoms with Crippen molar-refractivity contribution in [3.8, 4) is 0 Å². The average Bonchev–Trinajstić information content (AvgIpc) is 2.75. The monoisotopic (exact) mass is 389 g/mol. The van der Waals surface area contributed by atoms with Gasteiger partial charge in [0.05, 0.1) is 18.8 Å². The van der Waals surface area contributed by atoms with Gasteiger partial charge in [0.1, 0.15) is 6.10 Å². The van der Waals surface area contributed by atoms with Crippen molar-refractivity contribution in [3.05, 3.63) is 30.1 Å². The first-order valence-corrected chi connectivity index (χ1v) is 10.4. The number of aliphatic hydroxyl groups is 1. The second-order valence-electron chi connectivity index (χ2n) is 7.79. The van der Waals surface area contributed by atoms with Gasteiger partial charge in [-0.2, -0.15) is 0 Å². The van der Waals surface area contributed by atoms with Crippen LogP contribution in [0, 0.1) is 5.92 Å². The average molecular weight is 389 g/mol. The minimum Gasteiger partial charge on any atom is -0.394 e. The summed E-state index contributed by atoms with van der Waals surface area (Å²) >= 11 is 0. The van der Waals surface area contributed by atoms with Gasteiger partial charge in [0, 0.05) is 30.4 Å². The molecule has 1 saturated carbocycles. The summed E-state index contributed by atoms with van der Waals surface area (Å²) < 4.78 is 5.98. The molecule has 1 saturated heterocycles. The number of ether oxygens (including phenoxy) is 1. The van der Waals surface area contributed by atoms with E-state index in [-0.39, 0.29) is 36.5 Å². The quantitative estimate of drug-likeness (QED) is 0.660. The van der Waals surface area contributed by atoms with Crippen molar-refractivity contribution in [1.82, 2.24) is 15.6 Å². The Morgan fingerprint density at radius 2 is 1.86 bits per heavy atom. The van der Waals surface area contributed by atoms with Gasteiger partial charge in [-0.3, -0.25) is 14.6 Å². The van der Waals surface area contributed by atoms with Gasteiger partial charge >= 0.3 is 0 Å². The van der Waals surface area contributed by atoms with Crippen LogP contribution in [0.2, 0.25) is 0 Å². The number of carbonyl (C=O) groups is 2. The maximum atomic E-state index is 12.3. The molecule has 1 aliphatic carbocycles. The zero-order chi connectivity index (χ0) is 19.8. The Morgan fingerprint density at radius 3 is 2.57 bits per heavy atom. The molecule has 2 fully saturated rings. The van der Waals surface area contributed by atoms with E-state index in [1.807, 2.05) is 0 Å². The van der Waals surface area contributed by atoms with Gasteiger partial charge in [-0.1, -0.05) is 19.3 Å². The molecular formula is C21H31N3O4. The lowest BCUT2D eigenvalue weighted by atomic mass is 9.88. The number of carbonyl (C=O) groups excluding carboxylic acids is 2. The van der Waals surface area contributed by atoms with Gasteiger partial charge < -0.3 is 20.5 Å². The minimum absolute atomic E-state index is 0.0158. The standard InChI is InChI=1S/C21H31N3O4/c25-14-19-18(24-21(27)16-8-11-22-12-9-16)7-6-17(28-19)10-13-23-20(26)15-4-2-1-3-5-15/h8-9,11-12,15,17-19,25H,1-7,10,13-14H2,(H,23,26)(H,24,27)/t17-,18+,19+/m1/s1. The third-order valence-corrected chi connectivity index (χ3v) is 5.80. The first kappa shape index (κ1) is 20.7. The number of hydrogen-bond donors (Lipinski definition) is 3. The Kier molecular flexibility index (Phi) is 7.80. The van der Waals surface area contributed by atoms with E-state index in [0.717, 1.165) is 44.9 Å². The van der Waals surface area contributed by atoms with Crippen LogP contribution in [0.4, 0.5) is 0 Å². The van der Waals surface area contributed by atoms with Gasteiger partial charge in [-0.25, -0.2) is 0 Å². The topological polar surface area (TPSA) is 101 Å². The summed E-state index contributed by atoms with van der Waals surface area (Å²) in [5, 5.41) is 15.7. The second-order valence-corrected chi connectivity index (χ2v) is 7.79. The number of hydrogen-bond acceptors (Lipinski definition) is 5. The number of rotatable bonds is 7. The zero-order valence-corrected chi connectivity index (χ0v) is 16.3. The molecule has 3 atom stereocenters. The normalized spacial score (nSPS) is 25.8. The summed E-state index contributed by atoms with van der Waals surface area (Å²) in [6.45, 7) is 0.443. The number of nitrogens with one attached hydrogen (secondary N) is 2. The van der Waals surface area contributed by atoms with Crippen molar-refractivity contribution in [3.63, 3.8) is 0 Å². The molecule has 7 nitrogen and oxygen atoms in total. The summed E-state index contributed by atoms with van der Waals surface area (Å²) in [4.78, 5) is 28.5. The third-order valence-electron chi connectivity index (χ3n) is 5.80. The van der Waals surface area contributed by atoms with Crippen molar-refractivity contribution in [2.45, 2.75) is 69.6 Å². The van der Waals surface area contributed by atoms with E-state index in [2.05, 4.69) is 15.6 Å². The molecule has 1 aromatic rings. The van der Waals surface area contributed by atoms with Crippen LogP contribution in [0.15, 0.2) is 24.5 Å². The molecule has 154 valence electrons. The lowest BCUT2D eigenvalue weighted by molar-refractivity contribution is -0.126. The molecule has 0 bridgehead atoms. The van der Waals surface area contributed by atoms with Gasteiger partial charge in [0.25, 0.3) is 5.91 Å². The lowest BCUT2D eigenvalue weighted by Gasteiger charge is -2.36. The summed E-state index contributed by atoms with van der Waals surface area (Å²) in [7, 11) is 0. The number of aliphatic hydroxyl groups excluding tert-OH is 1. The molecule has 0 radical (unpaired) electrons. The summed E-state index contributed by atoms with van der Waals surface area (Å²) in [5.41, 5.74) is 0.541. The largest absolute Gasteiger partial charge is 0.394 e. The van der Waals surface area contributed by atoms with E-state index < -0.39 is 6.10 Å². The number of amides is 2. The first-order valence-electron chi connectivity index (χ1n) is 10.4. The van der Waals surface area contributed by atoms with Crippen molar-refractivity contribution in [2.24, 2.45) is 5.92 Å².